The van der Waals surface area contributed by atoms with Gasteiger partial charge in [0.15, 0.2) is 0 Å². The van der Waals surface area contributed by atoms with Crippen LogP contribution in [0.5, 0.6) is 0 Å². The molecule has 0 unspecified atom stereocenters. The van der Waals surface area contributed by atoms with Crippen LogP contribution in [0.2, 0.25) is 0 Å². The van der Waals surface area contributed by atoms with Gasteiger partial charge < -0.3 is 9.80 Å². The monoisotopic (exact) mass is 614 g/mol. The highest BCUT2D eigenvalue weighted by Gasteiger charge is 2.27. The summed E-state index contributed by atoms with van der Waals surface area (Å²) in [4.78, 5) is 30.3. The summed E-state index contributed by atoms with van der Waals surface area (Å²) < 4.78 is 0. The lowest BCUT2D eigenvalue weighted by Crippen LogP contribution is -2.36. The van der Waals surface area contributed by atoms with Crippen LogP contribution in [0.4, 0.5) is 11.4 Å². The number of aromatic nitrogens is 4. The first-order valence-corrected chi connectivity index (χ1v) is 16.9. The molecule has 8 heteroatoms. The highest BCUT2D eigenvalue weighted by Crippen LogP contribution is 2.40. The molecule has 0 radical (unpaired) electrons. The maximum Gasteiger partial charge on any atom is 0.143 e. The van der Waals surface area contributed by atoms with Gasteiger partial charge in [0.25, 0.3) is 0 Å². The zero-order valence-electron chi connectivity index (χ0n) is 26.5. The van der Waals surface area contributed by atoms with Gasteiger partial charge in [0.05, 0.1) is 35.6 Å². The van der Waals surface area contributed by atoms with Gasteiger partial charge in [-0.2, -0.15) is 20.4 Å². The molecule has 2 atom stereocenters. The molecule has 3 aliphatic rings. The molecule has 3 fully saturated rings. The number of Topliss-reactive ketones (excluding diaryl/α,β-unsaturated/α-hetero) is 2. The third-order valence-corrected chi connectivity index (χ3v) is 9.81. The van der Waals surface area contributed by atoms with Gasteiger partial charge in [0, 0.05) is 62.2 Å². The molecule has 2 aromatic carbocycles. The molecule has 7 rings (SSSR count). The summed E-state index contributed by atoms with van der Waals surface area (Å²) in [6.07, 6.45) is 8.05. The summed E-state index contributed by atoms with van der Waals surface area (Å²) >= 11 is 0. The summed E-state index contributed by atoms with van der Waals surface area (Å²) in [5.74, 6) is 0.909. The number of nitrogens with zero attached hydrogens (tertiary/aromatic N) is 6. The van der Waals surface area contributed by atoms with Gasteiger partial charge in [-0.1, -0.05) is 30.7 Å². The highest BCUT2D eigenvalue weighted by molar-refractivity contribution is 5.83. The predicted molar refractivity (Wildman–Crippen MR) is 179 cm³/mol. The van der Waals surface area contributed by atoms with E-state index in [9.17, 15) is 9.59 Å². The average Bonchev–Trinajstić information content (AvgIpc) is 3.00. The Labute approximate surface area is 271 Å². The zero-order valence-corrected chi connectivity index (χ0v) is 26.5. The minimum absolute atomic E-state index is 0.153. The van der Waals surface area contributed by atoms with Gasteiger partial charge >= 0.3 is 0 Å². The maximum atomic E-state index is 12.8. The first-order chi connectivity index (χ1) is 22.6. The van der Waals surface area contributed by atoms with Crippen molar-refractivity contribution in [3.63, 3.8) is 0 Å². The van der Waals surface area contributed by atoms with E-state index in [1.807, 2.05) is 48.5 Å². The van der Waals surface area contributed by atoms with Gasteiger partial charge in [0.2, 0.25) is 0 Å². The molecule has 236 valence electrons. The van der Waals surface area contributed by atoms with Crippen molar-refractivity contribution < 1.29 is 9.59 Å². The van der Waals surface area contributed by atoms with E-state index in [0.717, 1.165) is 85.8 Å². The second-order valence-electron chi connectivity index (χ2n) is 13.3. The van der Waals surface area contributed by atoms with E-state index in [1.165, 1.54) is 24.2 Å². The van der Waals surface area contributed by atoms with Gasteiger partial charge in [-0.15, -0.1) is 0 Å². The van der Waals surface area contributed by atoms with Crippen LogP contribution in [0, 0.1) is 0 Å². The van der Waals surface area contributed by atoms with Gasteiger partial charge in [-0.25, -0.2) is 0 Å². The van der Waals surface area contributed by atoms with Gasteiger partial charge in [-0.05, 0) is 91.8 Å². The SMILES string of the molecule is O=C(Cc1cccc(N2CCC2)c1)Cc1ccc([C@H]2CCC[C@H](c3ccc(CC(=O)Cc4cccc(N5CCC5)c4)nn3)C2)nn1. The molecule has 1 saturated carbocycles. The molecule has 2 aliphatic heterocycles. The Bertz CT molecular complexity index is 1540. The smallest absolute Gasteiger partial charge is 0.143 e. The lowest BCUT2D eigenvalue weighted by atomic mass is 9.78. The van der Waals surface area contributed by atoms with Crippen molar-refractivity contribution in [2.75, 3.05) is 36.0 Å². The number of carbonyl (C=O) groups is 2. The van der Waals surface area contributed by atoms with Crippen molar-refractivity contribution in [3.8, 4) is 0 Å². The van der Waals surface area contributed by atoms with Crippen LogP contribution in [-0.4, -0.2) is 58.1 Å². The third kappa shape index (κ3) is 7.33. The first-order valence-electron chi connectivity index (χ1n) is 16.9. The van der Waals surface area contributed by atoms with E-state index < -0.39 is 0 Å². The second kappa shape index (κ2) is 13.9. The number of ketones is 2. The Morgan fingerprint density at radius 3 is 1.43 bits per heavy atom. The van der Waals surface area contributed by atoms with Crippen LogP contribution < -0.4 is 9.80 Å². The van der Waals surface area contributed by atoms with E-state index in [1.54, 1.807) is 0 Å². The number of anilines is 2. The van der Waals surface area contributed by atoms with Crippen LogP contribution in [0.15, 0.2) is 72.8 Å². The number of hydrogen-bond donors (Lipinski definition) is 0. The fraction of sp³-hybridized carbons (Fsp3) is 0.421. The normalized spacial score (nSPS) is 19.3. The minimum Gasteiger partial charge on any atom is -0.371 e. The van der Waals surface area contributed by atoms with E-state index in [2.05, 4.69) is 54.5 Å². The number of hydrogen-bond acceptors (Lipinski definition) is 8. The summed E-state index contributed by atoms with van der Waals surface area (Å²) in [6, 6.07) is 24.7. The Morgan fingerprint density at radius 1 is 0.565 bits per heavy atom. The van der Waals surface area contributed by atoms with Crippen LogP contribution in [0.3, 0.4) is 0 Å². The fourth-order valence-electron chi connectivity index (χ4n) is 6.95. The molecule has 2 aromatic heterocycles. The topological polar surface area (TPSA) is 92.2 Å². The van der Waals surface area contributed by atoms with Crippen molar-refractivity contribution in [1.82, 2.24) is 20.4 Å². The lowest BCUT2D eigenvalue weighted by molar-refractivity contribution is -0.118. The summed E-state index contributed by atoms with van der Waals surface area (Å²) in [5, 5.41) is 18.0. The molecule has 0 bridgehead atoms. The van der Waals surface area contributed by atoms with E-state index in [0.29, 0.717) is 37.5 Å². The van der Waals surface area contributed by atoms with Crippen molar-refractivity contribution in [2.45, 2.75) is 76.0 Å². The fourth-order valence-corrected chi connectivity index (χ4v) is 6.95. The molecule has 4 heterocycles. The number of benzene rings is 2. The standard InChI is InChI=1S/C38H42N6O2/c45-35(22-27-6-1-10-33(20-27)43-16-4-17-43)25-31-12-14-37(41-39-31)29-8-3-9-30(24-29)38-15-13-32(40-42-38)26-36(46)23-28-7-2-11-34(21-28)44-18-5-19-44/h1-2,6-7,10-15,20-21,29-30H,3-5,8-9,16-19,22-26H2/t29-,30-/m0/s1. The largest absolute Gasteiger partial charge is 0.371 e. The molecule has 0 spiro atoms. The molecule has 1 aliphatic carbocycles. The molecule has 2 saturated heterocycles. The van der Waals surface area contributed by atoms with Crippen molar-refractivity contribution >= 4 is 22.9 Å². The van der Waals surface area contributed by atoms with Gasteiger partial charge in [-0.3, -0.25) is 9.59 Å². The molecule has 4 aromatic rings. The third-order valence-electron chi connectivity index (χ3n) is 9.81. The Kier molecular flexibility index (Phi) is 9.12. The van der Waals surface area contributed by atoms with Gasteiger partial charge in [0.1, 0.15) is 11.6 Å². The quantitative estimate of drug-likeness (QED) is 0.197. The Hall–Kier alpha value is -4.46. The minimum atomic E-state index is 0.153. The maximum absolute atomic E-state index is 12.8. The summed E-state index contributed by atoms with van der Waals surface area (Å²) in [7, 11) is 0. The number of carbonyl (C=O) groups excluding carboxylic acids is 2. The molecule has 46 heavy (non-hydrogen) atoms. The molecule has 8 nitrogen and oxygen atoms in total. The lowest BCUT2D eigenvalue weighted by Gasteiger charge is -2.33. The van der Waals surface area contributed by atoms with Crippen molar-refractivity contribution in [2.24, 2.45) is 0 Å². The summed E-state index contributed by atoms with van der Waals surface area (Å²) in [6.45, 7) is 4.38. The average molecular weight is 615 g/mol. The molecule has 0 N–H and O–H groups in total. The van der Waals surface area contributed by atoms with E-state index in [-0.39, 0.29) is 11.6 Å². The van der Waals surface area contributed by atoms with E-state index in [4.69, 9.17) is 0 Å². The first kappa shape index (κ1) is 30.2. The summed E-state index contributed by atoms with van der Waals surface area (Å²) in [5.41, 5.74) is 7.93. The van der Waals surface area contributed by atoms with Crippen LogP contribution in [-0.2, 0) is 35.3 Å². The Balaban J connectivity index is 0.900. The second-order valence-corrected chi connectivity index (χ2v) is 13.3. The molecule has 0 amide bonds. The predicted octanol–water partition coefficient (Wildman–Crippen LogP) is 5.84. The molecular formula is C38H42N6O2. The Morgan fingerprint density at radius 2 is 1.04 bits per heavy atom. The van der Waals surface area contributed by atoms with Crippen molar-refractivity contribution in [3.05, 3.63) is 107 Å². The zero-order chi connectivity index (χ0) is 31.3. The van der Waals surface area contributed by atoms with Crippen LogP contribution in [0.25, 0.3) is 0 Å². The van der Waals surface area contributed by atoms with Crippen molar-refractivity contribution in [1.29, 1.82) is 0 Å². The molecular weight excluding hydrogens is 572 g/mol. The highest BCUT2D eigenvalue weighted by atomic mass is 16.1. The van der Waals surface area contributed by atoms with E-state index >= 15 is 0 Å². The van der Waals surface area contributed by atoms with Crippen LogP contribution >= 0.6 is 0 Å². The number of rotatable bonds is 12. The van der Waals surface area contributed by atoms with Crippen LogP contribution in [0.1, 0.15) is 84.3 Å².